The fourth-order valence-corrected chi connectivity index (χ4v) is 3.75. The van der Waals surface area contributed by atoms with E-state index in [0.29, 0.717) is 28.9 Å². The second-order valence-electron chi connectivity index (χ2n) is 8.05. The zero-order chi connectivity index (χ0) is 21.7. The Labute approximate surface area is 180 Å². The van der Waals surface area contributed by atoms with Crippen LogP contribution in [0.4, 0.5) is 5.13 Å². The third-order valence-corrected chi connectivity index (χ3v) is 5.59. The molecular weight excluding hydrogens is 400 g/mol. The molecule has 0 aliphatic heterocycles. The van der Waals surface area contributed by atoms with E-state index in [1.54, 1.807) is 16.3 Å². The third kappa shape index (κ3) is 6.13. The van der Waals surface area contributed by atoms with Gasteiger partial charge in [-0.15, -0.1) is 11.3 Å². The fraction of sp³-hybridized carbons (Fsp3) is 0.455. The van der Waals surface area contributed by atoms with Crippen molar-refractivity contribution >= 4 is 34.2 Å². The lowest BCUT2D eigenvalue weighted by Gasteiger charge is -2.22. The first-order valence-electron chi connectivity index (χ1n) is 10.2. The second-order valence-corrected chi connectivity index (χ2v) is 8.90. The quantitative estimate of drug-likeness (QED) is 0.642. The van der Waals surface area contributed by atoms with E-state index in [2.05, 4.69) is 15.6 Å². The Morgan fingerprint density at radius 3 is 2.60 bits per heavy atom. The van der Waals surface area contributed by atoms with Crippen molar-refractivity contribution in [3.8, 4) is 0 Å². The normalized spacial score (nSPS) is 13.2. The largest absolute Gasteiger partial charge is 0.356 e. The predicted octanol–water partition coefficient (Wildman–Crippen LogP) is 3.01. The van der Waals surface area contributed by atoms with Gasteiger partial charge in [-0.1, -0.05) is 32.0 Å². The Morgan fingerprint density at radius 2 is 1.93 bits per heavy atom. The Morgan fingerprint density at radius 1 is 1.20 bits per heavy atom. The van der Waals surface area contributed by atoms with Crippen molar-refractivity contribution < 1.29 is 14.4 Å². The van der Waals surface area contributed by atoms with Gasteiger partial charge in [0.25, 0.3) is 5.91 Å². The minimum absolute atomic E-state index is 0.0123. The van der Waals surface area contributed by atoms with E-state index >= 15 is 0 Å². The van der Waals surface area contributed by atoms with Crippen LogP contribution in [0.5, 0.6) is 0 Å². The summed E-state index contributed by atoms with van der Waals surface area (Å²) in [6.07, 6.45) is 2.01. The van der Waals surface area contributed by atoms with Gasteiger partial charge in [0, 0.05) is 23.5 Å². The summed E-state index contributed by atoms with van der Waals surface area (Å²) in [5, 5.41) is 7.82. The highest BCUT2D eigenvalue weighted by molar-refractivity contribution is 7.13. The van der Waals surface area contributed by atoms with Gasteiger partial charge in [-0.25, -0.2) is 4.98 Å². The summed E-state index contributed by atoms with van der Waals surface area (Å²) in [6, 6.07) is 7.53. The molecule has 8 heteroatoms. The molecule has 1 aliphatic carbocycles. The first-order valence-corrected chi connectivity index (χ1v) is 11.1. The molecule has 0 radical (unpaired) electrons. The summed E-state index contributed by atoms with van der Waals surface area (Å²) in [6.45, 7) is 6.57. The first-order chi connectivity index (χ1) is 14.3. The maximum atomic E-state index is 13.0. The highest BCUT2D eigenvalue weighted by Gasteiger charge is 2.34. The molecule has 1 aromatic carbocycles. The van der Waals surface area contributed by atoms with Gasteiger partial charge in [0.2, 0.25) is 11.8 Å². The minimum atomic E-state index is -0.283. The number of hydrogen-bond donors (Lipinski definition) is 2. The number of benzene rings is 1. The van der Waals surface area contributed by atoms with Crippen LogP contribution in [-0.4, -0.2) is 46.7 Å². The standard InChI is InChI=1S/C22H28N4O3S/c1-14(2)11-23-19(27)10-16-13-30-22(24-16)25-20(28)12-26(17-8-9-17)21(29)18-7-5-4-6-15(18)3/h4-7,13-14,17H,8-12H2,1-3H3,(H,23,27)(H,24,25,28). The summed E-state index contributed by atoms with van der Waals surface area (Å²) in [5.74, 6) is -0.104. The number of carbonyl (C=O) groups excluding carboxylic acids is 3. The van der Waals surface area contributed by atoms with Gasteiger partial charge in [0.05, 0.1) is 12.1 Å². The first kappa shape index (κ1) is 22.0. The van der Waals surface area contributed by atoms with E-state index in [1.165, 1.54) is 11.3 Å². The lowest BCUT2D eigenvalue weighted by atomic mass is 10.1. The van der Waals surface area contributed by atoms with Crippen molar-refractivity contribution in [3.05, 3.63) is 46.5 Å². The highest BCUT2D eigenvalue weighted by Crippen LogP contribution is 2.29. The van der Waals surface area contributed by atoms with Crippen molar-refractivity contribution in [1.82, 2.24) is 15.2 Å². The Bertz CT molecular complexity index is 921. The molecule has 1 fully saturated rings. The van der Waals surface area contributed by atoms with Gasteiger partial charge in [-0.05, 0) is 37.3 Å². The molecule has 30 heavy (non-hydrogen) atoms. The summed E-state index contributed by atoms with van der Waals surface area (Å²) in [7, 11) is 0. The van der Waals surface area contributed by atoms with E-state index in [4.69, 9.17) is 0 Å². The van der Waals surface area contributed by atoms with Crippen LogP contribution in [0.15, 0.2) is 29.6 Å². The maximum Gasteiger partial charge on any atom is 0.254 e. The average Bonchev–Trinajstić information content (AvgIpc) is 3.45. The van der Waals surface area contributed by atoms with Gasteiger partial charge in [-0.3, -0.25) is 14.4 Å². The molecule has 1 saturated carbocycles. The predicted molar refractivity (Wildman–Crippen MR) is 118 cm³/mol. The van der Waals surface area contributed by atoms with Crippen LogP contribution in [0.1, 0.15) is 48.3 Å². The number of aromatic nitrogens is 1. The SMILES string of the molecule is Cc1ccccc1C(=O)N(CC(=O)Nc1nc(CC(=O)NCC(C)C)cs1)C1CC1. The summed E-state index contributed by atoms with van der Waals surface area (Å²) in [5.41, 5.74) is 2.14. The van der Waals surface area contributed by atoms with E-state index in [9.17, 15) is 14.4 Å². The number of thiazole rings is 1. The van der Waals surface area contributed by atoms with Gasteiger partial charge >= 0.3 is 0 Å². The molecule has 0 spiro atoms. The van der Waals surface area contributed by atoms with Crippen molar-refractivity contribution in [2.24, 2.45) is 5.92 Å². The molecule has 160 valence electrons. The monoisotopic (exact) mass is 428 g/mol. The molecule has 1 aromatic heterocycles. The molecule has 7 nitrogen and oxygen atoms in total. The molecular formula is C22H28N4O3S. The van der Waals surface area contributed by atoms with Crippen LogP contribution in [0.2, 0.25) is 0 Å². The van der Waals surface area contributed by atoms with Crippen LogP contribution in [0.25, 0.3) is 0 Å². The Hall–Kier alpha value is -2.74. The van der Waals surface area contributed by atoms with E-state index in [1.807, 2.05) is 39.0 Å². The second kappa shape index (κ2) is 9.84. The lowest BCUT2D eigenvalue weighted by molar-refractivity contribution is -0.120. The highest BCUT2D eigenvalue weighted by atomic mass is 32.1. The summed E-state index contributed by atoms with van der Waals surface area (Å²) >= 11 is 1.28. The minimum Gasteiger partial charge on any atom is -0.356 e. The number of carbonyl (C=O) groups is 3. The average molecular weight is 429 g/mol. The zero-order valence-electron chi connectivity index (χ0n) is 17.6. The molecule has 2 N–H and O–H groups in total. The summed E-state index contributed by atoms with van der Waals surface area (Å²) < 4.78 is 0. The molecule has 0 bridgehead atoms. The van der Waals surface area contributed by atoms with Crippen LogP contribution < -0.4 is 10.6 Å². The number of hydrogen-bond acceptors (Lipinski definition) is 5. The number of anilines is 1. The van der Waals surface area contributed by atoms with Crippen molar-refractivity contribution in [2.75, 3.05) is 18.4 Å². The molecule has 0 unspecified atom stereocenters. The lowest BCUT2D eigenvalue weighted by Crippen LogP contribution is -2.39. The van der Waals surface area contributed by atoms with Crippen LogP contribution >= 0.6 is 11.3 Å². The molecule has 1 aliphatic rings. The van der Waals surface area contributed by atoms with Gasteiger partial charge < -0.3 is 15.5 Å². The summed E-state index contributed by atoms with van der Waals surface area (Å²) in [4.78, 5) is 43.4. The van der Waals surface area contributed by atoms with Crippen molar-refractivity contribution in [2.45, 2.75) is 46.1 Å². The maximum absolute atomic E-state index is 13.0. The van der Waals surface area contributed by atoms with E-state index < -0.39 is 0 Å². The van der Waals surface area contributed by atoms with Crippen molar-refractivity contribution in [3.63, 3.8) is 0 Å². The third-order valence-electron chi connectivity index (χ3n) is 4.79. The van der Waals surface area contributed by atoms with Crippen LogP contribution in [0.3, 0.4) is 0 Å². The number of aryl methyl sites for hydroxylation is 1. The van der Waals surface area contributed by atoms with E-state index in [0.717, 1.165) is 18.4 Å². The fourth-order valence-electron chi connectivity index (χ4n) is 3.02. The Kier molecular flexibility index (Phi) is 7.20. The van der Waals surface area contributed by atoms with E-state index in [-0.39, 0.29) is 36.7 Å². The van der Waals surface area contributed by atoms with Gasteiger partial charge in [-0.2, -0.15) is 0 Å². The number of nitrogens with one attached hydrogen (secondary N) is 2. The molecule has 0 atom stereocenters. The Balaban J connectivity index is 1.56. The van der Waals surface area contributed by atoms with Crippen LogP contribution in [-0.2, 0) is 16.0 Å². The smallest absolute Gasteiger partial charge is 0.254 e. The number of nitrogens with zero attached hydrogens (tertiary/aromatic N) is 2. The molecule has 2 aromatic rings. The molecule has 3 rings (SSSR count). The van der Waals surface area contributed by atoms with Gasteiger partial charge in [0.1, 0.15) is 6.54 Å². The topological polar surface area (TPSA) is 91.4 Å². The van der Waals surface area contributed by atoms with Crippen molar-refractivity contribution in [1.29, 1.82) is 0 Å². The zero-order valence-corrected chi connectivity index (χ0v) is 18.4. The molecule has 0 saturated heterocycles. The number of amides is 3. The van der Waals surface area contributed by atoms with Gasteiger partial charge in [0.15, 0.2) is 5.13 Å². The molecule has 1 heterocycles. The van der Waals surface area contributed by atoms with Crippen LogP contribution in [0, 0.1) is 12.8 Å². The molecule has 3 amide bonds. The number of rotatable bonds is 9.